The summed E-state index contributed by atoms with van der Waals surface area (Å²) in [7, 11) is 1.87. The van der Waals surface area contributed by atoms with Crippen LogP contribution in [-0.4, -0.2) is 31.8 Å². The van der Waals surface area contributed by atoms with Crippen LogP contribution in [0.25, 0.3) is 11.1 Å². The number of nitrogen functional groups attached to an aromatic ring is 1. The van der Waals surface area contributed by atoms with Gasteiger partial charge in [0.05, 0.1) is 11.6 Å². The van der Waals surface area contributed by atoms with Gasteiger partial charge in [-0.05, 0) is 50.1 Å². The standard InChI is InChI=1S/C13H13N.C6H8N2OS.C6H12.C6H14.C3H8N.CH2O.CH3.U/c1-10-2-4-11(5-3-10)12-6-8-13(14)9-7-12;1-5-8-3-6(10-5)2-7-4-9;1-2-4-6-5-3-1;1-4-6(3)5-2;1-3-4-2;1-2;;/h2-9H,14H2,1H3;3-4H,2H2,1H3,(H,7,9);1-6H2;6H,4-5H2,1-3H3;4H,1,3H2,2H3;1H2;1H3;/q;;;;-1;;-1;+2. The normalized spacial score (nSPS) is 10.7. The van der Waals surface area contributed by atoms with Crippen molar-refractivity contribution in [3.05, 3.63) is 84.5 Å². The smallest absolute Gasteiger partial charge is 0.399 e. The second-order valence-corrected chi connectivity index (χ2v) is 11.3. The summed E-state index contributed by atoms with van der Waals surface area (Å²) >= 11 is 1.60. The van der Waals surface area contributed by atoms with Crippen molar-refractivity contribution < 1.29 is 40.7 Å². The molecule has 1 amide bonds. The molecule has 0 saturated heterocycles. The van der Waals surface area contributed by atoms with E-state index in [0.29, 0.717) is 13.0 Å². The molecule has 1 aliphatic rings. The van der Waals surface area contributed by atoms with Crippen LogP contribution in [0.1, 0.15) is 87.6 Å². The number of amides is 1. The molecule has 1 aromatic heterocycles. The topological polar surface area (TPSA) is 97.1 Å². The fourth-order valence-electron chi connectivity index (χ4n) is 3.40. The summed E-state index contributed by atoms with van der Waals surface area (Å²) in [6.45, 7) is 17.7. The minimum atomic E-state index is 0. The van der Waals surface area contributed by atoms with Gasteiger partial charge in [0.1, 0.15) is 6.79 Å². The van der Waals surface area contributed by atoms with Crippen molar-refractivity contribution in [3.63, 3.8) is 0 Å². The molecule has 246 valence electrons. The molecule has 0 atom stereocenters. The summed E-state index contributed by atoms with van der Waals surface area (Å²) in [4.78, 5) is 23.0. The van der Waals surface area contributed by atoms with Gasteiger partial charge in [0.15, 0.2) is 0 Å². The van der Waals surface area contributed by atoms with Crippen LogP contribution in [0.2, 0.25) is 0 Å². The first-order valence-electron chi connectivity index (χ1n) is 15.0. The molecular weight excluding hydrogens is 791 g/mol. The molecule has 6 nitrogen and oxygen atoms in total. The molecule has 2 aromatic carbocycles. The molecule has 3 aromatic rings. The van der Waals surface area contributed by atoms with Crippen LogP contribution in [0.3, 0.4) is 0 Å². The minimum absolute atomic E-state index is 0. The van der Waals surface area contributed by atoms with E-state index in [0.717, 1.165) is 28.0 Å². The van der Waals surface area contributed by atoms with Crippen molar-refractivity contribution in [1.29, 1.82) is 0 Å². The number of nitrogens with zero attached hydrogens (tertiary/aromatic N) is 1. The number of carbonyl (C=O) groups excluding carboxylic acids is 2. The van der Waals surface area contributed by atoms with Gasteiger partial charge in [0.2, 0.25) is 6.41 Å². The Morgan fingerprint density at radius 2 is 1.34 bits per heavy atom. The Bertz CT molecular complexity index is 933. The van der Waals surface area contributed by atoms with Gasteiger partial charge in [-0.2, -0.15) is 0 Å². The average molecular weight is 851 g/mol. The van der Waals surface area contributed by atoms with Crippen molar-refractivity contribution in [2.24, 2.45) is 5.92 Å². The summed E-state index contributed by atoms with van der Waals surface area (Å²) in [6, 6.07) is 16.4. The third kappa shape index (κ3) is 28.8. The largest absolute Gasteiger partial charge is 2.00 e. The minimum Gasteiger partial charge on any atom is -0.399 e. The van der Waals surface area contributed by atoms with E-state index in [1.165, 1.54) is 68.1 Å². The van der Waals surface area contributed by atoms with Gasteiger partial charge >= 0.3 is 31.1 Å². The van der Waals surface area contributed by atoms with Crippen LogP contribution in [0, 0.1) is 65.2 Å². The Kier molecular flexibility index (Phi) is 39.5. The summed E-state index contributed by atoms with van der Waals surface area (Å²) in [6.07, 6.45) is 14.1. The van der Waals surface area contributed by atoms with Gasteiger partial charge in [-0.3, -0.25) is 4.79 Å². The van der Waals surface area contributed by atoms with E-state index in [1.807, 2.05) is 45.0 Å². The van der Waals surface area contributed by atoms with E-state index in [2.05, 4.69) is 74.5 Å². The van der Waals surface area contributed by atoms with Gasteiger partial charge < -0.3 is 35.5 Å². The molecule has 0 aliphatic heterocycles. The molecular formula is C36H60N4O2SU. The van der Waals surface area contributed by atoms with Gasteiger partial charge in [0.25, 0.3) is 0 Å². The van der Waals surface area contributed by atoms with E-state index in [1.54, 1.807) is 17.5 Å². The number of aromatic nitrogens is 1. The Hall–Kier alpha value is -1.98. The SMILES string of the molecule is C1CCCCC1.C=O.CCC(C)CC.Cc1ccc(-c2ccc(N)cc2)cc1.Cc1ncc(CNC=O)s1.[CH2-]CNC.[CH3-].[U+2]. The van der Waals surface area contributed by atoms with Crippen LogP contribution in [0.4, 0.5) is 5.69 Å². The number of hydrogen-bond acceptors (Lipinski definition) is 6. The Balaban J connectivity index is -0.000000236. The maximum Gasteiger partial charge on any atom is 2.00 e. The van der Waals surface area contributed by atoms with Gasteiger partial charge in [-0.25, -0.2) is 4.98 Å². The zero-order chi connectivity index (χ0) is 32.0. The van der Waals surface area contributed by atoms with Crippen molar-refractivity contribution in [3.8, 4) is 11.1 Å². The number of aryl methyl sites for hydroxylation is 2. The van der Waals surface area contributed by atoms with Crippen LogP contribution < -0.4 is 16.4 Å². The molecule has 8 heteroatoms. The molecule has 0 radical (unpaired) electrons. The molecule has 1 fully saturated rings. The zero-order valence-corrected chi connectivity index (χ0v) is 33.6. The maximum atomic E-state index is 9.86. The Morgan fingerprint density at radius 3 is 1.64 bits per heavy atom. The van der Waals surface area contributed by atoms with Crippen LogP contribution in [-0.2, 0) is 16.1 Å². The first kappa shape index (κ1) is 48.9. The predicted molar refractivity (Wildman–Crippen MR) is 191 cm³/mol. The number of anilines is 1. The second-order valence-electron chi connectivity index (χ2n) is 9.98. The number of rotatable bonds is 7. The Labute approximate surface area is 298 Å². The number of nitrogens with two attached hydrogens (primary N) is 1. The monoisotopic (exact) mass is 850 g/mol. The molecule has 1 heterocycles. The summed E-state index contributed by atoms with van der Waals surface area (Å²) in [5.74, 6) is 0.935. The third-order valence-corrected chi connectivity index (χ3v) is 7.38. The molecule has 4 rings (SSSR count). The van der Waals surface area contributed by atoms with Crippen molar-refractivity contribution in [1.82, 2.24) is 15.6 Å². The predicted octanol–water partition coefficient (Wildman–Crippen LogP) is 9.03. The summed E-state index contributed by atoms with van der Waals surface area (Å²) in [5, 5.41) is 6.42. The van der Waals surface area contributed by atoms with Gasteiger partial charge in [-0.15, -0.1) is 17.9 Å². The first-order chi connectivity index (χ1) is 20.3. The zero-order valence-electron chi connectivity index (χ0n) is 28.6. The molecule has 0 bridgehead atoms. The fourth-order valence-corrected chi connectivity index (χ4v) is 4.15. The van der Waals surface area contributed by atoms with E-state index in [4.69, 9.17) is 10.5 Å². The van der Waals surface area contributed by atoms with Crippen molar-refractivity contribution in [2.75, 3.05) is 19.3 Å². The molecule has 1 aliphatic carbocycles. The van der Waals surface area contributed by atoms with E-state index in [9.17, 15) is 4.79 Å². The number of nitrogens with one attached hydrogen (secondary N) is 2. The fraction of sp³-hybridized carbons (Fsp3) is 0.472. The molecule has 0 spiro atoms. The van der Waals surface area contributed by atoms with Crippen LogP contribution in [0.5, 0.6) is 0 Å². The maximum absolute atomic E-state index is 9.86. The van der Waals surface area contributed by atoms with E-state index >= 15 is 0 Å². The third-order valence-electron chi connectivity index (χ3n) is 6.47. The van der Waals surface area contributed by atoms with Gasteiger partial charge in [-0.1, -0.05) is 114 Å². The number of benzene rings is 2. The first-order valence-corrected chi connectivity index (χ1v) is 15.9. The number of thiazole rings is 1. The quantitative estimate of drug-likeness (QED) is 0.125. The average Bonchev–Trinajstić information content (AvgIpc) is 3.48. The molecule has 4 N–H and O–H groups in total. The molecule has 1 saturated carbocycles. The van der Waals surface area contributed by atoms with Gasteiger partial charge in [0, 0.05) is 16.8 Å². The van der Waals surface area contributed by atoms with Crippen molar-refractivity contribution in [2.45, 2.75) is 92.5 Å². The molecule has 44 heavy (non-hydrogen) atoms. The molecule has 0 unspecified atom stereocenters. The number of carbonyl (C=O) groups is 2. The second kappa shape index (κ2) is 35.5. The summed E-state index contributed by atoms with van der Waals surface area (Å²) < 4.78 is 0. The Morgan fingerprint density at radius 1 is 0.932 bits per heavy atom. The summed E-state index contributed by atoms with van der Waals surface area (Å²) in [5.41, 5.74) is 10.2. The van der Waals surface area contributed by atoms with Crippen molar-refractivity contribution >= 4 is 30.2 Å². The van der Waals surface area contributed by atoms with Crippen LogP contribution in [0.15, 0.2) is 54.7 Å². The number of hydrogen-bond donors (Lipinski definition) is 3. The van der Waals surface area contributed by atoms with E-state index < -0.39 is 0 Å². The van der Waals surface area contributed by atoms with Crippen LogP contribution >= 0.6 is 11.3 Å². The van der Waals surface area contributed by atoms with E-state index in [-0.39, 0.29) is 38.5 Å².